The van der Waals surface area contributed by atoms with E-state index in [1.54, 1.807) is 19.1 Å². The van der Waals surface area contributed by atoms with Crippen LogP contribution in [0.2, 0.25) is 0 Å². The zero-order valence-corrected chi connectivity index (χ0v) is 18.7. The van der Waals surface area contributed by atoms with Crippen LogP contribution in [0.25, 0.3) is 16.7 Å². The number of nitrogens with zero attached hydrogens (tertiary/aromatic N) is 3. The van der Waals surface area contributed by atoms with Gasteiger partial charge < -0.3 is 14.8 Å². The number of hydrogen-bond donors (Lipinski definition) is 1. The van der Waals surface area contributed by atoms with E-state index in [1.807, 2.05) is 56.3 Å². The fourth-order valence-corrected chi connectivity index (χ4v) is 3.39. The number of ether oxygens (including phenoxy) is 2. The van der Waals surface area contributed by atoms with Crippen LogP contribution in [-0.2, 0) is 9.53 Å². The molecule has 0 aliphatic heterocycles. The molecule has 8 heteroatoms. The highest BCUT2D eigenvalue weighted by atomic mass is 16.5. The minimum atomic E-state index is -0.587. The van der Waals surface area contributed by atoms with Gasteiger partial charge in [0.25, 0.3) is 5.91 Å². The maximum atomic E-state index is 12.7. The number of aromatic nitrogens is 3. The first-order valence-electron chi connectivity index (χ1n) is 10.6. The summed E-state index contributed by atoms with van der Waals surface area (Å²) in [6.07, 6.45) is 1.36. The highest BCUT2D eigenvalue weighted by molar-refractivity contribution is 6.01. The Balaban J connectivity index is 1.65. The number of fused-ring (bicyclic) bond motifs is 1. The molecule has 4 aromatic rings. The van der Waals surface area contributed by atoms with Crippen molar-refractivity contribution in [2.24, 2.45) is 0 Å². The molecule has 2 heterocycles. The van der Waals surface area contributed by atoms with Crippen LogP contribution in [0.1, 0.15) is 28.4 Å². The van der Waals surface area contributed by atoms with Crippen LogP contribution < -0.4 is 10.1 Å². The molecule has 0 bridgehead atoms. The van der Waals surface area contributed by atoms with Crippen molar-refractivity contribution in [3.8, 4) is 11.6 Å². The number of aryl methyl sites for hydroxylation is 2. The fraction of sp³-hybridized carbons (Fsp3) is 0.200. The number of esters is 1. The van der Waals surface area contributed by atoms with E-state index in [0.717, 1.165) is 22.0 Å². The maximum absolute atomic E-state index is 12.7. The minimum Gasteiger partial charge on any atom is -0.484 e. The number of amides is 1. The highest BCUT2D eigenvalue weighted by Gasteiger charge is 2.22. The molecule has 168 valence electrons. The van der Waals surface area contributed by atoms with E-state index in [2.05, 4.69) is 15.4 Å². The van der Waals surface area contributed by atoms with Gasteiger partial charge in [0.15, 0.2) is 18.2 Å². The summed E-state index contributed by atoms with van der Waals surface area (Å²) in [4.78, 5) is 29.9. The Morgan fingerprint density at radius 1 is 1.06 bits per heavy atom. The first-order chi connectivity index (χ1) is 16.0. The molecule has 0 saturated heterocycles. The highest BCUT2D eigenvalue weighted by Crippen LogP contribution is 2.24. The molecule has 33 heavy (non-hydrogen) atoms. The summed E-state index contributed by atoms with van der Waals surface area (Å²) in [6, 6.07) is 17.0. The van der Waals surface area contributed by atoms with Gasteiger partial charge in [0.2, 0.25) is 0 Å². The SMILES string of the molecule is CCOC(=O)c1cnn(-c2cc(C)c3ccccc3n2)c1NC(=O)COc1ccc(C)cc1. The monoisotopic (exact) mass is 444 g/mol. The lowest BCUT2D eigenvalue weighted by Crippen LogP contribution is -2.23. The molecule has 4 rings (SSSR count). The van der Waals surface area contributed by atoms with Crippen molar-refractivity contribution in [2.75, 3.05) is 18.5 Å². The van der Waals surface area contributed by atoms with E-state index in [0.29, 0.717) is 11.6 Å². The van der Waals surface area contributed by atoms with Gasteiger partial charge in [-0.2, -0.15) is 9.78 Å². The van der Waals surface area contributed by atoms with Gasteiger partial charge in [-0.25, -0.2) is 9.78 Å². The summed E-state index contributed by atoms with van der Waals surface area (Å²) in [5.41, 5.74) is 2.99. The second-order valence-electron chi connectivity index (χ2n) is 7.50. The maximum Gasteiger partial charge on any atom is 0.343 e. The second-order valence-corrected chi connectivity index (χ2v) is 7.50. The molecule has 0 unspecified atom stereocenters. The minimum absolute atomic E-state index is 0.133. The van der Waals surface area contributed by atoms with Gasteiger partial charge in [0, 0.05) is 5.39 Å². The third-order valence-corrected chi connectivity index (χ3v) is 5.04. The van der Waals surface area contributed by atoms with Gasteiger partial charge in [-0.15, -0.1) is 0 Å². The molecule has 0 aliphatic rings. The van der Waals surface area contributed by atoms with Crippen LogP contribution >= 0.6 is 0 Å². The van der Waals surface area contributed by atoms with Crippen LogP contribution in [-0.4, -0.2) is 39.9 Å². The quantitative estimate of drug-likeness (QED) is 0.429. The molecule has 0 aliphatic carbocycles. The molecular weight excluding hydrogens is 420 g/mol. The zero-order valence-electron chi connectivity index (χ0n) is 18.7. The Morgan fingerprint density at radius 3 is 2.58 bits per heavy atom. The number of benzene rings is 2. The lowest BCUT2D eigenvalue weighted by atomic mass is 10.1. The number of hydrogen-bond acceptors (Lipinski definition) is 6. The number of pyridine rings is 1. The van der Waals surface area contributed by atoms with Crippen molar-refractivity contribution in [1.82, 2.24) is 14.8 Å². The normalized spacial score (nSPS) is 10.8. The van der Waals surface area contributed by atoms with Crippen molar-refractivity contribution >= 4 is 28.6 Å². The van der Waals surface area contributed by atoms with Gasteiger partial charge in [0.05, 0.1) is 18.3 Å². The first-order valence-corrected chi connectivity index (χ1v) is 10.6. The molecule has 0 spiro atoms. The van der Waals surface area contributed by atoms with Crippen LogP contribution in [0.15, 0.2) is 60.8 Å². The molecule has 1 amide bonds. The predicted molar refractivity (Wildman–Crippen MR) is 125 cm³/mol. The lowest BCUT2D eigenvalue weighted by Gasteiger charge is -2.12. The molecule has 0 atom stereocenters. The van der Waals surface area contributed by atoms with E-state index in [1.165, 1.54) is 10.9 Å². The van der Waals surface area contributed by atoms with Crippen LogP contribution in [0.3, 0.4) is 0 Å². The average Bonchev–Trinajstić information content (AvgIpc) is 3.22. The third-order valence-electron chi connectivity index (χ3n) is 5.04. The summed E-state index contributed by atoms with van der Waals surface area (Å²) in [6.45, 7) is 5.61. The molecule has 0 radical (unpaired) electrons. The van der Waals surface area contributed by atoms with Gasteiger partial charge in [-0.1, -0.05) is 35.9 Å². The zero-order chi connectivity index (χ0) is 23.4. The van der Waals surface area contributed by atoms with Gasteiger partial charge in [-0.05, 0) is 50.6 Å². The van der Waals surface area contributed by atoms with E-state index >= 15 is 0 Å². The average molecular weight is 444 g/mol. The van der Waals surface area contributed by atoms with Gasteiger partial charge >= 0.3 is 5.97 Å². The fourth-order valence-electron chi connectivity index (χ4n) is 3.39. The van der Waals surface area contributed by atoms with Crippen LogP contribution in [0.4, 0.5) is 5.82 Å². The molecule has 2 aromatic heterocycles. The van der Waals surface area contributed by atoms with Crippen molar-refractivity contribution in [2.45, 2.75) is 20.8 Å². The van der Waals surface area contributed by atoms with E-state index < -0.39 is 11.9 Å². The Bertz CT molecular complexity index is 1310. The number of nitrogens with one attached hydrogen (secondary N) is 1. The van der Waals surface area contributed by atoms with Crippen molar-refractivity contribution in [1.29, 1.82) is 0 Å². The molecule has 0 fully saturated rings. The first kappa shape index (κ1) is 22.0. The largest absolute Gasteiger partial charge is 0.484 e. The topological polar surface area (TPSA) is 95.3 Å². The Hall–Kier alpha value is -4.20. The standard InChI is InChI=1S/C25H24N4O4/c1-4-32-25(31)20-14-26-29(22-13-17(3)19-7-5-6-8-21(19)27-22)24(20)28-23(30)15-33-18-11-9-16(2)10-12-18/h5-14H,4,15H2,1-3H3,(H,28,30). The molecule has 8 nitrogen and oxygen atoms in total. The van der Waals surface area contributed by atoms with E-state index in [-0.39, 0.29) is 24.6 Å². The van der Waals surface area contributed by atoms with Crippen molar-refractivity contribution in [3.05, 3.63) is 77.5 Å². The number of para-hydroxylation sites is 1. The van der Waals surface area contributed by atoms with Gasteiger partial charge in [-0.3, -0.25) is 4.79 Å². The Labute approximate surface area is 191 Å². The number of carbonyl (C=O) groups excluding carboxylic acids is 2. The van der Waals surface area contributed by atoms with Gasteiger partial charge in [0.1, 0.15) is 11.3 Å². The van der Waals surface area contributed by atoms with Crippen molar-refractivity contribution in [3.63, 3.8) is 0 Å². The number of carbonyl (C=O) groups is 2. The third kappa shape index (κ3) is 4.85. The van der Waals surface area contributed by atoms with E-state index in [4.69, 9.17) is 9.47 Å². The second kappa shape index (κ2) is 9.52. The molecule has 1 N–H and O–H groups in total. The summed E-state index contributed by atoms with van der Waals surface area (Å²) in [7, 11) is 0. The number of anilines is 1. The summed E-state index contributed by atoms with van der Waals surface area (Å²) < 4.78 is 12.1. The molecular formula is C25H24N4O4. The summed E-state index contributed by atoms with van der Waals surface area (Å²) in [5.74, 6) is 0.183. The van der Waals surface area contributed by atoms with E-state index in [9.17, 15) is 9.59 Å². The smallest absolute Gasteiger partial charge is 0.343 e. The number of rotatable bonds is 7. The lowest BCUT2D eigenvalue weighted by molar-refractivity contribution is -0.118. The Kier molecular flexibility index (Phi) is 6.35. The van der Waals surface area contributed by atoms with Crippen molar-refractivity contribution < 1.29 is 19.1 Å². The summed E-state index contributed by atoms with van der Waals surface area (Å²) >= 11 is 0. The Morgan fingerprint density at radius 2 is 1.82 bits per heavy atom. The summed E-state index contributed by atoms with van der Waals surface area (Å²) in [5, 5.41) is 8.07. The van der Waals surface area contributed by atoms with Crippen LogP contribution in [0.5, 0.6) is 5.75 Å². The molecule has 0 saturated carbocycles. The molecule has 2 aromatic carbocycles. The predicted octanol–water partition coefficient (Wildman–Crippen LogP) is 4.23. The van der Waals surface area contributed by atoms with Crippen LogP contribution in [0, 0.1) is 13.8 Å².